The van der Waals surface area contributed by atoms with E-state index in [1.54, 1.807) is 43.4 Å². The van der Waals surface area contributed by atoms with Crippen LogP contribution in [0.3, 0.4) is 0 Å². The molecule has 2 aromatic rings. The van der Waals surface area contributed by atoms with E-state index in [9.17, 15) is 14.0 Å². The van der Waals surface area contributed by atoms with Gasteiger partial charge in [-0.15, -0.1) is 0 Å². The second-order valence-corrected chi connectivity index (χ2v) is 5.11. The average molecular weight is 330 g/mol. The summed E-state index contributed by atoms with van der Waals surface area (Å²) in [6, 6.07) is 12.5. The summed E-state index contributed by atoms with van der Waals surface area (Å²) >= 11 is 0. The lowest BCUT2D eigenvalue weighted by Gasteiger charge is -2.08. The largest absolute Gasteiger partial charge is 0.493 e. The highest BCUT2D eigenvalue weighted by Gasteiger charge is 2.05. The summed E-state index contributed by atoms with van der Waals surface area (Å²) in [5, 5.41) is 5.28. The molecular formula is C18H19FN2O3. The van der Waals surface area contributed by atoms with E-state index in [1.165, 1.54) is 12.1 Å². The molecule has 0 radical (unpaired) electrons. The van der Waals surface area contributed by atoms with Gasteiger partial charge in [-0.3, -0.25) is 9.59 Å². The van der Waals surface area contributed by atoms with Crippen LogP contribution in [-0.2, 0) is 4.79 Å². The van der Waals surface area contributed by atoms with Crippen LogP contribution in [0.25, 0.3) is 0 Å². The van der Waals surface area contributed by atoms with Crippen LogP contribution in [0.4, 0.5) is 10.1 Å². The third-order valence-electron chi connectivity index (χ3n) is 3.27. The van der Waals surface area contributed by atoms with Gasteiger partial charge in [0, 0.05) is 30.8 Å². The van der Waals surface area contributed by atoms with Gasteiger partial charge in [-0.25, -0.2) is 4.39 Å². The number of carbonyl (C=O) groups is 2. The van der Waals surface area contributed by atoms with E-state index in [0.29, 0.717) is 30.0 Å². The van der Waals surface area contributed by atoms with Crippen LogP contribution in [0, 0.1) is 5.82 Å². The predicted molar refractivity (Wildman–Crippen MR) is 89.6 cm³/mol. The number of hydrogen-bond acceptors (Lipinski definition) is 3. The summed E-state index contributed by atoms with van der Waals surface area (Å²) in [5.41, 5.74) is 1.15. The summed E-state index contributed by atoms with van der Waals surface area (Å²) in [4.78, 5) is 23.3. The molecule has 0 aliphatic carbocycles. The topological polar surface area (TPSA) is 67.4 Å². The lowest BCUT2D eigenvalue weighted by molar-refractivity contribution is -0.116. The fourth-order valence-electron chi connectivity index (χ4n) is 2.05. The number of hydrogen-bond donors (Lipinski definition) is 2. The van der Waals surface area contributed by atoms with Crippen molar-refractivity contribution in [3.05, 3.63) is 59.9 Å². The molecule has 0 spiro atoms. The van der Waals surface area contributed by atoms with Crippen molar-refractivity contribution in [1.29, 1.82) is 0 Å². The van der Waals surface area contributed by atoms with Gasteiger partial charge >= 0.3 is 0 Å². The molecule has 2 N–H and O–H groups in total. The first-order chi connectivity index (χ1) is 11.6. The Balaban J connectivity index is 1.72. The third-order valence-corrected chi connectivity index (χ3v) is 3.27. The van der Waals surface area contributed by atoms with Gasteiger partial charge in [0.05, 0.1) is 6.61 Å². The Hall–Kier alpha value is -2.89. The van der Waals surface area contributed by atoms with Crippen molar-refractivity contribution in [2.24, 2.45) is 0 Å². The fourth-order valence-corrected chi connectivity index (χ4v) is 2.05. The van der Waals surface area contributed by atoms with Crippen LogP contribution in [0.15, 0.2) is 48.5 Å². The van der Waals surface area contributed by atoms with E-state index in [0.717, 1.165) is 0 Å². The van der Waals surface area contributed by atoms with Crippen molar-refractivity contribution < 1.29 is 18.7 Å². The van der Waals surface area contributed by atoms with Gasteiger partial charge in [-0.2, -0.15) is 0 Å². The van der Waals surface area contributed by atoms with Gasteiger partial charge in [0.1, 0.15) is 11.6 Å². The van der Waals surface area contributed by atoms with Gasteiger partial charge in [0.2, 0.25) is 5.91 Å². The molecule has 0 bridgehead atoms. The van der Waals surface area contributed by atoms with Crippen LogP contribution >= 0.6 is 0 Å². The smallest absolute Gasteiger partial charge is 0.251 e. The van der Waals surface area contributed by atoms with Gasteiger partial charge in [0.15, 0.2) is 0 Å². The molecule has 0 aromatic heterocycles. The molecule has 6 heteroatoms. The molecule has 126 valence electrons. The number of nitrogens with one attached hydrogen (secondary N) is 2. The Kier molecular flexibility index (Phi) is 6.31. The highest BCUT2D eigenvalue weighted by Crippen LogP contribution is 2.13. The molecule has 0 aliphatic heterocycles. The normalized spacial score (nSPS) is 10.1. The molecule has 5 nitrogen and oxygen atoms in total. The highest BCUT2D eigenvalue weighted by atomic mass is 19.1. The maximum atomic E-state index is 13.0. The van der Waals surface area contributed by atoms with E-state index in [2.05, 4.69) is 10.6 Å². The Morgan fingerprint density at radius 2 is 1.88 bits per heavy atom. The first-order valence-corrected chi connectivity index (χ1v) is 7.59. The lowest BCUT2D eigenvalue weighted by Crippen LogP contribution is -2.18. The van der Waals surface area contributed by atoms with Crippen molar-refractivity contribution in [1.82, 2.24) is 5.32 Å². The van der Waals surface area contributed by atoms with Crippen molar-refractivity contribution in [3.8, 4) is 5.75 Å². The molecule has 2 rings (SSSR count). The summed E-state index contributed by atoms with van der Waals surface area (Å²) in [6.45, 7) is 0.326. The Bertz CT molecular complexity index is 702. The Labute approximate surface area is 139 Å². The molecular weight excluding hydrogens is 311 g/mol. The molecule has 0 saturated heterocycles. The molecule has 2 aromatic carbocycles. The van der Waals surface area contributed by atoms with Crippen LogP contribution < -0.4 is 15.4 Å². The van der Waals surface area contributed by atoms with Gasteiger partial charge in [-0.1, -0.05) is 6.07 Å². The average Bonchev–Trinajstić information content (AvgIpc) is 2.59. The van der Waals surface area contributed by atoms with Crippen LogP contribution in [0.1, 0.15) is 23.2 Å². The quantitative estimate of drug-likeness (QED) is 0.767. The monoisotopic (exact) mass is 330 g/mol. The van der Waals surface area contributed by atoms with Gasteiger partial charge < -0.3 is 15.4 Å². The molecule has 0 aliphatic rings. The van der Waals surface area contributed by atoms with E-state index in [-0.39, 0.29) is 24.1 Å². The zero-order chi connectivity index (χ0) is 17.4. The van der Waals surface area contributed by atoms with E-state index in [1.807, 2.05) is 0 Å². The van der Waals surface area contributed by atoms with Gasteiger partial charge in [0.25, 0.3) is 5.91 Å². The number of benzene rings is 2. The second-order valence-electron chi connectivity index (χ2n) is 5.11. The maximum absolute atomic E-state index is 13.0. The summed E-state index contributed by atoms with van der Waals surface area (Å²) in [6.07, 6.45) is 0.797. The van der Waals surface area contributed by atoms with Crippen LogP contribution in [0.2, 0.25) is 0 Å². The number of carbonyl (C=O) groups excluding carboxylic acids is 2. The molecule has 0 saturated carbocycles. The lowest BCUT2D eigenvalue weighted by atomic mass is 10.2. The minimum Gasteiger partial charge on any atom is -0.493 e. The molecule has 0 atom stereocenters. The number of halogens is 1. The molecule has 0 heterocycles. The summed E-state index contributed by atoms with van der Waals surface area (Å²) in [7, 11) is 1.56. The third kappa shape index (κ3) is 5.39. The van der Waals surface area contributed by atoms with Crippen molar-refractivity contribution >= 4 is 17.5 Å². The zero-order valence-electron chi connectivity index (χ0n) is 13.3. The van der Waals surface area contributed by atoms with E-state index in [4.69, 9.17) is 4.74 Å². The summed E-state index contributed by atoms with van der Waals surface area (Å²) in [5.74, 6) is -0.237. The predicted octanol–water partition coefficient (Wildman–Crippen LogP) is 2.98. The Morgan fingerprint density at radius 3 is 2.54 bits per heavy atom. The number of anilines is 1. The SMILES string of the molecule is CNC(=O)c1ccc(NC(=O)CCCOc2cccc(F)c2)cc1. The van der Waals surface area contributed by atoms with Crippen LogP contribution in [-0.4, -0.2) is 25.5 Å². The highest BCUT2D eigenvalue weighted by molar-refractivity contribution is 5.95. The zero-order valence-corrected chi connectivity index (χ0v) is 13.3. The van der Waals surface area contributed by atoms with Gasteiger partial charge in [-0.05, 0) is 42.8 Å². The Morgan fingerprint density at radius 1 is 1.12 bits per heavy atom. The number of amides is 2. The second kappa shape index (κ2) is 8.67. The maximum Gasteiger partial charge on any atom is 0.251 e. The van der Waals surface area contributed by atoms with Crippen molar-refractivity contribution in [2.45, 2.75) is 12.8 Å². The first-order valence-electron chi connectivity index (χ1n) is 7.59. The standard InChI is InChI=1S/C18H19FN2O3/c1-20-18(23)13-7-9-15(10-8-13)21-17(22)6-3-11-24-16-5-2-4-14(19)12-16/h2,4-5,7-10,12H,3,6,11H2,1H3,(H,20,23)(H,21,22). The number of rotatable bonds is 7. The minimum absolute atomic E-state index is 0.148. The fraction of sp³-hybridized carbons (Fsp3) is 0.222. The van der Waals surface area contributed by atoms with Crippen molar-refractivity contribution in [3.63, 3.8) is 0 Å². The van der Waals surface area contributed by atoms with Crippen molar-refractivity contribution in [2.75, 3.05) is 19.0 Å². The molecule has 2 amide bonds. The van der Waals surface area contributed by atoms with Crippen LogP contribution in [0.5, 0.6) is 5.75 Å². The molecule has 0 unspecified atom stereocenters. The first kappa shape index (κ1) is 17.5. The van der Waals surface area contributed by atoms with E-state index >= 15 is 0 Å². The minimum atomic E-state index is -0.356. The molecule has 0 fully saturated rings. The van der Waals surface area contributed by atoms with E-state index < -0.39 is 0 Å². The number of ether oxygens (including phenoxy) is 1. The molecule has 24 heavy (non-hydrogen) atoms. The summed E-state index contributed by atoms with van der Waals surface area (Å²) < 4.78 is 18.4.